The van der Waals surface area contributed by atoms with E-state index in [0.717, 1.165) is 37.7 Å². The maximum atomic E-state index is 14.8. The lowest BCUT2D eigenvalue weighted by atomic mass is 9.97. The van der Waals surface area contributed by atoms with E-state index in [1.807, 2.05) is 22.9 Å². The first kappa shape index (κ1) is 76.3. The standard InChI is InChI=1S/C57H88N12O20/c1-11-28(6)18-14-12-13-15-20-36(70)63-41(30(8)55(84)85)51(80)67-43-32(10)60-48(77)35-22-29(7)25-69(35)54(83)40(27(4)5)66-50(79)42(31(9)56(86)87)64-37(71)24-59-46(75)34(23-38(72)73)62-53(82)44(45(74)57(88)89)68-47(76)33(19-16-17-21-58)61-49(78)39(26(2)3)65-52(43)81/h12-13,15,20,26-35,39-44H,11,14,16-19,21-25,58H2,1-10H3,(H,59,75)(H,60,77)(H,61,78)(H,62,82)(H,63,70)(H,64,71)(H,65,81)(H,66,79)(H,67,80)(H,68,76)(H,72,73)(H,84,85)(H,86,87)(H,88,89)/b13-12-,20-15+/t28?,29-,30?,31?,32?,33+,34+,35+,39-,40+,41+,42-,43+,44+/m1/s1. The zero-order valence-corrected chi connectivity index (χ0v) is 51.7. The molecule has 496 valence electrons. The number of amides is 11. The van der Waals surface area contributed by atoms with Gasteiger partial charge in [-0.1, -0.05) is 73.1 Å². The minimum absolute atomic E-state index is 0.0324. The van der Waals surface area contributed by atoms with E-state index in [2.05, 4.69) is 44.1 Å². The van der Waals surface area contributed by atoms with Crippen LogP contribution in [-0.2, 0) is 76.7 Å². The van der Waals surface area contributed by atoms with Gasteiger partial charge < -0.3 is 84.2 Å². The number of carbonyl (C=O) groups is 16. The molecule has 14 atom stereocenters. The number of nitrogens with one attached hydrogen (secondary N) is 10. The molecular formula is C57H88N12O20. The first-order valence-corrected chi connectivity index (χ1v) is 29.4. The zero-order valence-electron chi connectivity index (χ0n) is 51.7. The fraction of sp³-hybridized carbons (Fsp3) is 0.649. The Hall–Kier alpha value is -8.84. The van der Waals surface area contributed by atoms with Gasteiger partial charge in [0.05, 0.1) is 30.8 Å². The molecule has 16 N–H and O–H groups in total. The highest BCUT2D eigenvalue weighted by Crippen LogP contribution is 2.26. The second-order valence-corrected chi connectivity index (χ2v) is 23.1. The summed E-state index contributed by atoms with van der Waals surface area (Å²) in [6.07, 6.45) is 6.85. The first-order chi connectivity index (χ1) is 41.6. The summed E-state index contributed by atoms with van der Waals surface area (Å²) in [5.74, 6) is -28.1. The molecule has 2 aliphatic rings. The van der Waals surface area contributed by atoms with Crippen LogP contribution in [0.2, 0.25) is 0 Å². The number of ketones is 1. The Balaban J connectivity index is 2.96. The predicted molar refractivity (Wildman–Crippen MR) is 313 cm³/mol. The van der Waals surface area contributed by atoms with Gasteiger partial charge in [0, 0.05) is 12.6 Å². The quantitative estimate of drug-likeness (QED) is 0.0157. The molecule has 0 spiro atoms. The number of hydrogen-bond acceptors (Lipinski definition) is 17. The predicted octanol–water partition coefficient (Wildman–Crippen LogP) is -3.31. The van der Waals surface area contributed by atoms with Gasteiger partial charge in [-0.25, -0.2) is 4.79 Å². The maximum absolute atomic E-state index is 14.8. The summed E-state index contributed by atoms with van der Waals surface area (Å²) in [7, 11) is 0. The minimum atomic E-state index is -2.76. The highest BCUT2D eigenvalue weighted by molar-refractivity contribution is 6.40. The lowest BCUT2D eigenvalue weighted by molar-refractivity contribution is -0.153. The maximum Gasteiger partial charge on any atom is 0.375 e. The summed E-state index contributed by atoms with van der Waals surface area (Å²) < 4.78 is 0. The van der Waals surface area contributed by atoms with Crippen LogP contribution < -0.4 is 58.9 Å². The van der Waals surface area contributed by atoms with E-state index in [0.29, 0.717) is 12.3 Å². The molecule has 4 unspecified atom stereocenters. The summed E-state index contributed by atoms with van der Waals surface area (Å²) in [5.41, 5.74) is 5.68. The lowest BCUT2D eigenvalue weighted by Crippen LogP contribution is -2.65. The topological polar surface area (TPSA) is 504 Å². The number of nitrogens with zero attached hydrogens (tertiary/aromatic N) is 1. The Morgan fingerprint density at radius 3 is 1.84 bits per heavy atom. The SMILES string of the molecule is CCC(C)CC/C=C\C=C\C(=O)N[C@H](C(=O)N[C@@H]1C(=O)N[C@H](C(C)C)C(=O)N[C@@H](CCCCN)C(=O)N[C@@H](C(=O)C(=O)O)C(=O)N[C@@H](CC(=O)O)C(=O)NCC(=O)N[C@H](C(C)C(=O)O)C(=O)N[C@@H](C(C)C)C(=O)N2C[C@H](C)C[C@H]2C(=O)NC1C)C(C)C(=O)O. The molecule has 32 nitrogen and oxygen atoms in total. The van der Waals surface area contributed by atoms with Crippen LogP contribution in [0.4, 0.5) is 0 Å². The third kappa shape index (κ3) is 24.0. The number of Topliss-reactive ketones (excluding diaryl/α,β-unsaturated/α-hetero) is 1. The van der Waals surface area contributed by atoms with Crippen LogP contribution in [0.1, 0.15) is 121 Å². The van der Waals surface area contributed by atoms with Crippen molar-refractivity contribution in [1.82, 2.24) is 58.1 Å². The average molecular weight is 1260 g/mol. The van der Waals surface area contributed by atoms with Crippen molar-refractivity contribution in [1.29, 1.82) is 0 Å². The van der Waals surface area contributed by atoms with Crippen LogP contribution in [0.3, 0.4) is 0 Å². The monoisotopic (exact) mass is 1260 g/mol. The normalized spacial score (nSPS) is 25.7. The number of carbonyl (C=O) groups excluding carboxylic acids is 12. The number of hydrogen-bond donors (Lipinski definition) is 15. The molecule has 89 heavy (non-hydrogen) atoms. The van der Waals surface area contributed by atoms with Crippen molar-refractivity contribution in [2.45, 2.75) is 181 Å². The number of nitrogens with two attached hydrogens (primary N) is 1. The molecule has 0 aromatic carbocycles. The van der Waals surface area contributed by atoms with Gasteiger partial charge in [-0.15, -0.1) is 0 Å². The Bertz CT molecular complexity index is 2700. The van der Waals surface area contributed by atoms with Gasteiger partial charge >= 0.3 is 23.9 Å². The molecule has 32 heteroatoms. The molecule has 0 saturated carbocycles. The van der Waals surface area contributed by atoms with E-state index < -0.39 is 198 Å². The molecule has 0 aromatic heterocycles. The van der Waals surface area contributed by atoms with Crippen molar-refractivity contribution in [3.63, 3.8) is 0 Å². The molecule has 2 fully saturated rings. The van der Waals surface area contributed by atoms with Crippen LogP contribution in [0.5, 0.6) is 0 Å². The highest BCUT2D eigenvalue weighted by Gasteiger charge is 2.45. The van der Waals surface area contributed by atoms with Crippen molar-refractivity contribution in [2.75, 3.05) is 19.6 Å². The first-order valence-electron chi connectivity index (χ1n) is 29.4. The van der Waals surface area contributed by atoms with Gasteiger partial charge in [0.2, 0.25) is 59.1 Å². The number of carboxylic acid groups (broad SMARTS) is 4. The number of allylic oxidation sites excluding steroid dienone is 3. The summed E-state index contributed by atoms with van der Waals surface area (Å²) in [6, 6.07) is -18.9. The summed E-state index contributed by atoms with van der Waals surface area (Å²) in [4.78, 5) is 218. The van der Waals surface area contributed by atoms with Gasteiger partial charge in [-0.05, 0) is 89.5 Å². The molecule has 0 radical (unpaired) electrons. The number of rotatable bonds is 23. The van der Waals surface area contributed by atoms with E-state index in [4.69, 9.17) is 5.73 Å². The van der Waals surface area contributed by atoms with Gasteiger partial charge in [0.15, 0.2) is 6.04 Å². The van der Waals surface area contributed by atoms with Gasteiger partial charge in [-0.3, -0.25) is 71.9 Å². The second kappa shape index (κ2) is 36.5. The van der Waals surface area contributed by atoms with Crippen molar-refractivity contribution >= 4 is 94.6 Å². The molecule has 2 saturated heterocycles. The Morgan fingerprint density at radius 1 is 0.674 bits per heavy atom. The van der Waals surface area contributed by atoms with Crippen LogP contribution in [0.15, 0.2) is 24.3 Å². The molecule has 11 amide bonds. The van der Waals surface area contributed by atoms with Gasteiger partial charge in [0.1, 0.15) is 48.3 Å². The van der Waals surface area contributed by atoms with Crippen molar-refractivity contribution in [3.05, 3.63) is 24.3 Å². The largest absolute Gasteiger partial charge is 0.481 e. The highest BCUT2D eigenvalue weighted by atomic mass is 16.4. The minimum Gasteiger partial charge on any atom is -0.481 e. The molecule has 0 aliphatic carbocycles. The van der Waals surface area contributed by atoms with Crippen LogP contribution in [0, 0.1) is 35.5 Å². The van der Waals surface area contributed by atoms with E-state index in [1.165, 1.54) is 40.7 Å². The molecule has 0 aromatic rings. The van der Waals surface area contributed by atoms with Crippen molar-refractivity contribution < 1.29 is 97.1 Å². The second-order valence-electron chi connectivity index (χ2n) is 23.1. The number of unbranched alkanes of at least 4 members (excludes halogenated alkanes) is 1. The molecule has 0 bridgehead atoms. The fourth-order valence-electron chi connectivity index (χ4n) is 9.33. The molecular weight excluding hydrogens is 1170 g/mol. The number of aliphatic carboxylic acids is 4. The Morgan fingerprint density at radius 2 is 1.28 bits per heavy atom. The smallest absolute Gasteiger partial charge is 0.375 e. The van der Waals surface area contributed by atoms with Gasteiger partial charge in [-0.2, -0.15) is 0 Å². The summed E-state index contributed by atoms with van der Waals surface area (Å²) >= 11 is 0. The van der Waals surface area contributed by atoms with Crippen LogP contribution in [-0.4, -0.2) is 200 Å². The number of fused-ring (bicyclic) bond motifs is 1. The van der Waals surface area contributed by atoms with Crippen molar-refractivity contribution in [3.8, 4) is 0 Å². The van der Waals surface area contributed by atoms with Crippen molar-refractivity contribution in [2.24, 2.45) is 41.2 Å². The fourth-order valence-corrected chi connectivity index (χ4v) is 9.33. The van der Waals surface area contributed by atoms with E-state index in [-0.39, 0.29) is 38.8 Å². The number of carboxylic acids is 4. The molecule has 2 heterocycles. The van der Waals surface area contributed by atoms with E-state index in [1.54, 1.807) is 19.1 Å². The third-order valence-electron chi connectivity index (χ3n) is 15.0. The molecule has 2 aliphatic heterocycles. The van der Waals surface area contributed by atoms with Crippen LogP contribution in [0.25, 0.3) is 0 Å². The third-order valence-corrected chi connectivity index (χ3v) is 15.0. The Labute approximate surface area is 514 Å². The zero-order chi connectivity index (χ0) is 67.7. The van der Waals surface area contributed by atoms with Gasteiger partial charge in [0.25, 0.3) is 11.7 Å². The van der Waals surface area contributed by atoms with Crippen LogP contribution >= 0.6 is 0 Å². The Kier molecular flexibility index (Phi) is 31.2. The summed E-state index contributed by atoms with van der Waals surface area (Å²) in [5, 5.41) is 62.0. The summed E-state index contributed by atoms with van der Waals surface area (Å²) in [6.45, 7) is 13.8. The average Bonchev–Trinajstić information content (AvgIpc) is 2.39. The molecule has 2 rings (SSSR count). The van der Waals surface area contributed by atoms with E-state index >= 15 is 0 Å². The lowest BCUT2D eigenvalue weighted by Gasteiger charge is -2.34. The van der Waals surface area contributed by atoms with E-state index in [9.17, 15) is 97.1 Å².